The highest BCUT2D eigenvalue weighted by Crippen LogP contribution is 2.30. The van der Waals surface area contributed by atoms with Crippen LogP contribution in [-0.2, 0) is 11.0 Å². The first kappa shape index (κ1) is 19.6. The molecule has 0 saturated carbocycles. The maximum Gasteiger partial charge on any atom is 0.416 e. The zero-order valence-electron chi connectivity index (χ0n) is 12.8. The summed E-state index contributed by atoms with van der Waals surface area (Å²) in [4.78, 5) is 15.9. The van der Waals surface area contributed by atoms with Crippen molar-refractivity contribution < 1.29 is 18.0 Å². The van der Waals surface area contributed by atoms with Crippen LogP contribution in [0, 0.1) is 17.2 Å². The third kappa shape index (κ3) is 4.91. The second-order valence-electron chi connectivity index (χ2n) is 4.97. The maximum atomic E-state index is 12.7. The zero-order valence-corrected chi connectivity index (χ0v) is 14.4. The monoisotopic (exact) mass is 398 g/mol. The molecule has 10 heteroatoms. The molecule has 1 atom stereocenters. The Morgan fingerprint density at radius 1 is 1.31 bits per heavy atom. The molecule has 0 radical (unpaired) electrons. The fourth-order valence-electron chi connectivity index (χ4n) is 1.90. The summed E-state index contributed by atoms with van der Waals surface area (Å²) in [6.07, 6.45) is -1.75. The van der Waals surface area contributed by atoms with Crippen LogP contribution in [0.1, 0.15) is 5.56 Å². The van der Waals surface area contributed by atoms with Crippen molar-refractivity contribution in [2.45, 2.75) is 6.18 Å². The molecule has 2 rings (SSSR count). The molecule has 1 amide bonds. The Kier molecular flexibility index (Phi) is 6.13. The average Bonchev–Trinajstić information content (AvgIpc) is 2.57. The Hall–Kier alpha value is -2.70. The van der Waals surface area contributed by atoms with Crippen molar-refractivity contribution in [1.29, 1.82) is 5.26 Å². The van der Waals surface area contributed by atoms with Crippen LogP contribution in [-0.4, -0.2) is 15.9 Å². The van der Waals surface area contributed by atoms with E-state index in [9.17, 15) is 23.2 Å². The molecular weight excluding hydrogens is 389 g/mol. The van der Waals surface area contributed by atoms with Crippen molar-refractivity contribution >= 4 is 46.1 Å². The van der Waals surface area contributed by atoms with E-state index in [1.54, 1.807) is 6.07 Å². The lowest BCUT2D eigenvalue weighted by Crippen LogP contribution is -2.31. The molecule has 26 heavy (non-hydrogen) atoms. The SMILES string of the molecule is N#CC(C(=O)Nc1cccc(C(F)(F)F)c1)C(=S)Nc1cnccc1Cl. The molecule has 0 spiro atoms. The van der Waals surface area contributed by atoms with Gasteiger partial charge in [0.1, 0.15) is 4.99 Å². The van der Waals surface area contributed by atoms with Crippen molar-refractivity contribution in [2.75, 3.05) is 10.6 Å². The summed E-state index contributed by atoms with van der Waals surface area (Å²) in [7, 11) is 0. The minimum absolute atomic E-state index is 0.104. The van der Waals surface area contributed by atoms with Gasteiger partial charge in [-0.15, -0.1) is 0 Å². The number of aromatic nitrogens is 1. The van der Waals surface area contributed by atoms with Crippen LogP contribution in [0.15, 0.2) is 42.7 Å². The average molecular weight is 399 g/mol. The van der Waals surface area contributed by atoms with E-state index in [1.807, 2.05) is 0 Å². The lowest BCUT2D eigenvalue weighted by Gasteiger charge is -2.15. The highest BCUT2D eigenvalue weighted by atomic mass is 35.5. The number of benzene rings is 1. The number of hydrogen-bond acceptors (Lipinski definition) is 4. The van der Waals surface area contributed by atoms with Crippen LogP contribution < -0.4 is 10.6 Å². The predicted molar refractivity (Wildman–Crippen MR) is 94.6 cm³/mol. The van der Waals surface area contributed by atoms with Crippen molar-refractivity contribution in [1.82, 2.24) is 4.98 Å². The highest BCUT2D eigenvalue weighted by molar-refractivity contribution is 7.80. The Morgan fingerprint density at radius 3 is 2.65 bits per heavy atom. The van der Waals surface area contributed by atoms with Gasteiger partial charge in [-0.2, -0.15) is 18.4 Å². The van der Waals surface area contributed by atoms with Crippen LogP contribution >= 0.6 is 23.8 Å². The number of nitrogens with zero attached hydrogens (tertiary/aromatic N) is 2. The Morgan fingerprint density at radius 2 is 2.04 bits per heavy atom. The van der Waals surface area contributed by atoms with Crippen molar-refractivity contribution in [3.63, 3.8) is 0 Å². The van der Waals surface area contributed by atoms with E-state index >= 15 is 0 Å². The molecule has 1 aromatic heterocycles. The topological polar surface area (TPSA) is 77.8 Å². The summed E-state index contributed by atoms with van der Waals surface area (Å²) in [6, 6.07) is 7.24. The summed E-state index contributed by atoms with van der Waals surface area (Å²) in [5.41, 5.74) is -0.731. The summed E-state index contributed by atoms with van der Waals surface area (Å²) >= 11 is 11.0. The molecule has 1 heterocycles. The number of thiocarbonyl (C=S) groups is 1. The van der Waals surface area contributed by atoms with Crippen LogP contribution in [0.4, 0.5) is 24.5 Å². The Balaban J connectivity index is 2.13. The standard InChI is InChI=1S/C16H10ClF3N4OS/c17-12-4-5-22-8-13(12)24-15(26)11(7-21)14(25)23-10-3-1-2-9(6-10)16(18,19)20/h1-6,8,11H,(H,23,25)(H,24,26). The maximum absolute atomic E-state index is 12.7. The first-order valence-corrected chi connectivity index (χ1v) is 7.79. The zero-order chi connectivity index (χ0) is 19.3. The van der Waals surface area contributed by atoms with Gasteiger partial charge in [0.25, 0.3) is 0 Å². The third-order valence-electron chi connectivity index (χ3n) is 3.14. The van der Waals surface area contributed by atoms with Gasteiger partial charge in [-0.25, -0.2) is 0 Å². The lowest BCUT2D eigenvalue weighted by molar-refractivity contribution is -0.137. The highest BCUT2D eigenvalue weighted by Gasteiger charge is 2.31. The number of carbonyl (C=O) groups is 1. The lowest BCUT2D eigenvalue weighted by atomic mass is 10.1. The van der Waals surface area contributed by atoms with Crippen molar-refractivity contribution in [2.24, 2.45) is 5.92 Å². The Bertz CT molecular complexity index is 882. The minimum Gasteiger partial charge on any atom is -0.346 e. The van der Waals surface area contributed by atoms with Gasteiger partial charge < -0.3 is 10.6 Å². The second-order valence-corrected chi connectivity index (χ2v) is 5.82. The van der Waals surface area contributed by atoms with Gasteiger partial charge >= 0.3 is 6.18 Å². The number of carbonyl (C=O) groups excluding carboxylic acids is 1. The van der Waals surface area contributed by atoms with E-state index in [4.69, 9.17) is 23.8 Å². The number of amides is 1. The van der Waals surface area contributed by atoms with Gasteiger partial charge in [0.15, 0.2) is 5.92 Å². The smallest absolute Gasteiger partial charge is 0.346 e. The summed E-state index contributed by atoms with van der Waals surface area (Å²) in [6.45, 7) is 0. The second kappa shape index (κ2) is 8.12. The van der Waals surface area contributed by atoms with E-state index in [-0.39, 0.29) is 15.7 Å². The molecule has 0 aliphatic rings. The largest absolute Gasteiger partial charge is 0.416 e. The van der Waals surface area contributed by atoms with E-state index in [0.29, 0.717) is 5.69 Å². The van der Waals surface area contributed by atoms with E-state index in [1.165, 1.54) is 24.5 Å². The molecule has 0 fully saturated rings. The van der Waals surface area contributed by atoms with Crippen LogP contribution in [0.25, 0.3) is 0 Å². The fourth-order valence-corrected chi connectivity index (χ4v) is 2.32. The van der Waals surface area contributed by atoms with Crippen molar-refractivity contribution in [3.8, 4) is 6.07 Å². The van der Waals surface area contributed by atoms with Gasteiger partial charge in [-0.3, -0.25) is 9.78 Å². The Labute approximate surface area is 156 Å². The molecule has 1 unspecified atom stereocenters. The number of anilines is 2. The molecule has 0 aliphatic heterocycles. The number of halogens is 4. The summed E-state index contributed by atoms with van der Waals surface area (Å²) < 4.78 is 38.2. The van der Waals surface area contributed by atoms with Gasteiger partial charge in [0, 0.05) is 11.9 Å². The van der Waals surface area contributed by atoms with Gasteiger partial charge in [0.2, 0.25) is 5.91 Å². The molecule has 1 aromatic carbocycles. The van der Waals surface area contributed by atoms with Gasteiger partial charge in [-0.05, 0) is 24.3 Å². The number of hydrogen-bond donors (Lipinski definition) is 2. The number of nitriles is 1. The van der Waals surface area contributed by atoms with Crippen LogP contribution in [0.3, 0.4) is 0 Å². The summed E-state index contributed by atoms with van der Waals surface area (Å²) in [5, 5.41) is 14.4. The van der Waals surface area contributed by atoms with Crippen LogP contribution in [0.5, 0.6) is 0 Å². The predicted octanol–water partition coefficient (Wildman–Crippen LogP) is 4.27. The molecular formula is C16H10ClF3N4OS. The van der Waals surface area contributed by atoms with E-state index in [2.05, 4.69) is 15.6 Å². The number of alkyl halides is 3. The van der Waals surface area contributed by atoms with Crippen molar-refractivity contribution in [3.05, 3.63) is 53.3 Å². The minimum atomic E-state index is -4.55. The quantitative estimate of drug-likeness (QED) is 0.752. The molecule has 2 aromatic rings. The molecule has 134 valence electrons. The van der Waals surface area contributed by atoms with Gasteiger partial charge in [-0.1, -0.05) is 29.9 Å². The molecule has 0 aliphatic carbocycles. The normalized spacial score (nSPS) is 12.0. The van der Waals surface area contributed by atoms with Gasteiger partial charge in [0.05, 0.1) is 28.5 Å². The molecule has 0 saturated heterocycles. The van der Waals surface area contributed by atoms with E-state index < -0.39 is 23.6 Å². The number of rotatable bonds is 4. The third-order valence-corrected chi connectivity index (χ3v) is 3.80. The van der Waals surface area contributed by atoms with E-state index in [0.717, 1.165) is 18.2 Å². The van der Waals surface area contributed by atoms with Crippen LogP contribution in [0.2, 0.25) is 5.02 Å². The number of pyridine rings is 1. The molecule has 2 N–H and O–H groups in total. The summed E-state index contributed by atoms with van der Waals surface area (Å²) in [5.74, 6) is -2.31. The first-order chi connectivity index (χ1) is 12.2. The first-order valence-electron chi connectivity index (χ1n) is 7.00. The fraction of sp³-hybridized carbons (Fsp3) is 0.125. The molecule has 0 bridgehead atoms. The molecule has 5 nitrogen and oxygen atoms in total. The number of nitrogens with one attached hydrogen (secondary N) is 2.